The van der Waals surface area contributed by atoms with Gasteiger partial charge >= 0.3 is 0 Å². The smallest absolute Gasteiger partial charge is 0.232 e. The van der Waals surface area contributed by atoms with Crippen molar-refractivity contribution in [3.05, 3.63) is 29.3 Å². The molecule has 0 aliphatic carbocycles. The Kier molecular flexibility index (Phi) is 4.47. The van der Waals surface area contributed by atoms with Gasteiger partial charge in [0.2, 0.25) is 5.91 Å². The first-order chi connectivity index (χ1) is 10.9. The van der Waals surface area contributed by atoms with Gasteiger partial charge in [-0.3, -0.25) is 4.79 Å². The quantitative estimate of drug-likeness (QED) is 0.932. The molecular weight excluding hydrogens is 288 g/mol. The number of hydrogen-bond acceptors (Lipinski definition) is 3. The van der Waals surface area contributed by atoms with Crippen LogP contribution in [-0.4, -0.2) is 42.1 Å². The normalized spacial score (nSPS) is 19.9. The summed E-state index contributed by atoms with van der Waals surface area (Å²) >= 11 is 0. The summed E-state index contributed by atoms with van der Waals surface area (Å²) in [4.78, 5) is 16.8. The van der Waals surface area contributed by atoms with Crippen molar-refractivity contribution >= 4 is 11.6 Å². The molecule has 2 heterocycles. The first-order valence-electron chi connectivity index (χ1n) is 8.71. The summed E-state index contributed by atoms with van der Waals surface area (Å²) < 4.78 is 0. The fraction of sp³-hybridized carbons (Fsp3) is 0.632. The second kappa shape index (κ2) is 6.25. The van der Waals surface area contributed by atoms with Crippen LogP contribution in [0.15, 0.2) is 18.2 Å². The Morgan fingerprint density at radius 3 is 2.57 bits per heavy atom. The Morgan fingerprint density at radius 2 is 1.91 bits per heavy atom. The molecule has 1 N–H and O–H groups in total. The highest BCUT2D eigenvalue weighted by molar-refractivity contribution is 5.98. The van der Waals surface area contributed by atoms with Crippen molar-refractivity contribution in [3.8, 4) is 0 Å². The predicted octanol–water partition coefficient (Wildman–Crippen LogP) is 2.75. The summed E-state index contributed by atoms with van der Waals surface area (Å²) in [6.07, 6.45) is 2.91. The van der Waals surface area contributed by atoms with Crippen molar-refractivity contribution in [2.45, 2.75) is 46.1 Å². The number of benzene rings is 1. The number of carbonyl (C=O) groups excluding carboxylic acids is 1. The molecule has 126 valence electrons. The van der Waals surface area contributed by atoms with Gasteiger partial charge in [0.25, 0.3) is 0 Å². The summed E-state index contributed by atoms with van der Waals surface area (Å²) in [5, 5.41) is 10.5. The zero-order chi connectivity index (χ0) is 16.6. The molecule has 1 aromatic carbocycles. The van der Waals surface area contributed by atoms with E-state index in [1.165, 1.54) is 18.4 Å². The fourth-order valence-corrected chi connectivity index (χ4v) is 3.56. The number of amides is 1. The van der Waals surface area contributed by atoms with E-state index in [0.717, 1.165) is 37.3 Å². The molecule has 0 radical (unpaired) electrons. The van der Waals surface area contributed by atoms with Crippen molar-refractivity contribution in [1.82, 2.24) is 4.90 Å². The van der Waals surface area contributed by atoms with Crippen LogP contribution >= 0.6 is 0 Å². The van der Waals surface area contributed by atoms with E-state index in [9.17, 15) is 9.90 Å². The third kappa shape index (κ3) is 3.43. The number of anilines is 1. The summed E-state index contributed by atoms with van der Waals surface area (Å²) in [7, 11) is 0. The number of β-amino-alcohol motifs (C(OH)–C–C–N with tert-alkyl or cyclic N) is 1. The van der Waals surface area contributed by atoms with Crippen LogP contribution < -0.4 is 4.90 Å². The topological polar surface area (TPSA) is 43.8 Å². The Labute approximate surface area is 139 Å². The molecule has 0 spiro atoms. The van der Waals surface area contributed by atoms with E-state index in [1.54, 1.807) is 0 Å². The molecule has 2 aliphatic rings. The molecule has 1 atom stereocenters. The lowest BCUT2D eigenvalue weighted by Crippen LogP contribution is -2.38. The lowest BCUT2D eigenvalue weighted by atomic mass is 9.94. The molecule has 0 aromatic heterocycles. The van der Waals surface area contributed by atoms with Crippen molar-refractivity contribution < 1.29 is 9.90 Å². The van der Waals surface area contributed by atoms with Crippen LogP contribution in [0.2, 0.25) is 0 Å². The van der Waals surface area contributed by atoms with E-state index >= 15 is 0 Å². The van der Waals surface area contributed by atoms with Gasteiger partial charge in [0, 0.05) is 24.2 Å². The van der Waals surface area contributed by atoms with Crippen LogP contribution in [0.1, 0.15) is 50.8 Å². The Bertz CT molecular complexity index is 586. The Balaban J connectivity index is 1.74. The fourth-order valence-electron chi connectivity index (χ4n) is 3.56. The lowest BCUT2D eigenvalue weighted by Gasteiger charge is -2.26. The van der Waals surface area contributed by atoms with Crippen molar-refractivity contribution in [2.24, 2.45) is 5.41 Å². The standard InChI is InChI=1S/C19H28N2O2/c1-19(2,3)18(23)21-11-8-14-12-15(6-7-16(14)21)17(22)13-20-9-4-5-10-20/h6-7,12,17,22H,4-5,8-11,13H2,1-3H3/t17-/m0/s1. The number of rotatable bonds is 3. The maximum Gasteiger partial charge on any atom is 0.232 e. The highest BCUT2D eigenvalue weighted by atomic mass is 16.3. The van der Waals surface area contributed by atoms with Gasteiger partial charge in [-0.15, -0.1) is 0 Å². The summed E-state index contributed by atoms with van der Waals surface area (Å²) in [5.41, 5.74) is 2.80. The zero-order valence-electron chi connectivity index (χ0n) is 14.5. The van der Waals surface area contributed by atoms with Crippen molar-refractivity contribution in [3.63, 3.8) is 0 Å². The number of hydrogen-bond donors (Lipinski definition) is 1. The largest absolute Gasteiger partial charge is 0.387 e. The van der Waals surface area contributed by atoms with Crippen LogP contribution in [0.25, 0.3) is 0 Å². The van der Waals surface area contributed by atoms with E-state index in [1.807, 2.05) is 37.8 Å². The summed E-state index contributed by atoms with van der Waals surface area (Å²) in [6, 6.07) is 6.08. The maximum atomic E-state index is 12.5. The predicted molar refractivity (Wildman–Crippen MR) is 92.6 cm³/mol. The Hall–Kier alpha value is -1.39. The van der Waals surface area contributed by atoms with Gasteiger partial charge in [-0.2, -0.15) is 0 Å². The third-order valence-electron chi connectivity index (χ3n) is 4.90. The molecule has 1 fully saturated rings. The zero-order valence-corrected chi connectivity index (χ0v) is 14.5. The lowest BCUT2D eigenvalue weighted by molar-refractivity contribution is -0.125. The molecule has 4 nitrogen and oxygen atoms in total. The van der Waals surface area contributed by atoms with E-state index in [0.29, 0.717) is 6.54 Å². The van der Waals surface area contributed by atoms with Crippen LogP contribution in [0.5, 0.6) is 0 Å². The molecular formula is C19H28N2O2. The molecule has 23 heavy (non-hydrogen) atoms. The van der Waals surface area contributed by atoms with Crippen LogP contribution in [0, 0.1) is 5.41 Å². The van der Waals surface area contributed by atoms with Gasteiger partial charge in [-0.25, -0.2) is 0 Å². The number of carbonyl (C=O) groups is 1. The minimum atomic E-state index is -0.439. The molecule has 1 amide bonds. The molecule has 0 bridgehead atoms. The van der Waals surface area contributed by atoms with E-state index in [4.69, 9.17) is 0 Å². The van der Waals surface area contributed by atoms with Crippen LogP contribution in [0.3, 0.4) is 0 Å². The SMILES string of the molecule is CC(C)(C)C(=O)N1CCc2cc([C@@H](O)CN3CCCC3)ccc21. The number of aliphatic hydroxyl groups excluding tert-OH is 1. The third-order valence-corrected chi connectivity index (χ3v) is 4.90. The van der Waals surface area contributed by atoms with E-state index < -0.39 is 6.10 Å². The molecule has 2 aliphatic heterocycles. The van der Waals surface area contributed by atoms with Gasteiger partial charge < -0.3 is 14.9 Å². The number of likely N-dealkylation sites (tertiary alicyclic amines) is 1. The number of nitrogens with zero attached hydrogens (tertiary/aromatic N) is 2. The molecule has 1 aromatic rings. The first-order valence-corrected chi connectivity index (χ1v) is 8.71. The molecule has 3 rings (SSSR count). The van der Waals surface area contributed by atoms with E-state index in [-0.39, 0.29) is 11.3 Å². The maximum absolute atomic E-state index is 12.5. The molecule has 1 saturated heterocycles. The second-order valence-electron chi connectivity index (χ2n) is 7.87. The molecule has 0 saturated carbocycles. The minimum absolute atomic E-state index is 0.168. The highest BCUT2D eigenvalue weighted by Crippen LogP contribution is 2.33. The minimum Gasteiger partial charge on any atom is -0.387 e. The molecule has 0 unspecified atom stereocenters. The van der Waals surface area contributed by atoms with Crippen molar-refractivity contribution in [2.75, 3.05) is 31.1 Å². The van der Waals surface area contributed by atoms with Gasteiger partial charge in [-0.05, 0) is 49.5 Å². The highest BCUT2D eigenvalue weighted by Gasteiger charge is 2.32. The average Bonchev–Trinajstić information content (AvgIpc) is 3.13. The van der Waals surface area contributed by atoms with E-state index in [2.05, 4.69) is 11.0 Å². The number of aliphatic hydroxyl groups is 1. The average molecular weight is 316 g/mol. The second-order valence-corrected chi connectivity index (χ2v) is 7.87. The summed E-state index contributed by atoms with van der Waals surface area (Å²) in [6.45, 7) is 9.52. The number of fused-ring (bicyclic) bond motifs is 1. The van der Waals surface area contributed by atoms with Crippen LogP contribution in [-0.2, 0) is 11.2 Å². The first kappa shape index (κ1) is 16.5. The Morgan fingerprint density at radius 1 is 1.22 bits per heavy atom. The van der Waals surface area contributed by atoms with Gasteiger partial charge in [-0.1, -0.05) is 32.9 Å². The van der Waals surface area contributed by atoms with Gasteiger partial charge in [0.05, 0.1) is 6.10 Å². The van der Waals surface area contributed by atoms with Crippen LogP contribution in [0.4, 0.5) is 5.69 Å². The van der Waals surface area contributed by atoms with Gasteiger partial charge in [0.1, 0.15) is 0 Å². The van der Waals surface area contributed by atoms with Crippen molar-refractivity contribution in [1.29, 1.82) is 0 Å². The monoisotopic (exact) mass is 316 g/mol. The summed E-state index contributed by atoms with van der Waals surface area (Å²) in [5.74, 6) is 0.168. The molecule has 4 heteroatoms. The van der Waals surface area contributed by atoms with Gasteiger partial charge in [0.15, 0.2) is 0 Å².